The van der Waals surface area contributed by atoms with Crippen molar-refractivity contribution in [1.29, 1.82) is 0 Å². The molecule has 0 spiro atoms. The number of amides is 1. The topological polar surface area (TPSA) is 69.8 Å². The van der Waals surface area contributed by atoms with Gasteiger partial charge in [-0.25, -0.2) is 4.98 Å². The monoisotopic (exact) mass is 342 g/mol. The number of aromatic amines is 1. The van der Waals surface area contributed by atoms with Gasteiger partial charge in [-0.15, -0.1) is 0 Å². The van der Waals surface area contributed by atoms with Crippen LogP contribution in [0.25, 0.3) is 10.9 Å². The average Bonchev–Trinajstić information content (AvgIpc) is 3.07. The molecule has 4 rings (SSSR count). The third kappa shape index (κ3) is 3.57. The number of rotatable bonds is 5. The third-order valence-corrected chi connectivity index (χ3v) is 4.12. The Balaban J connectivity index is 1.40. The molecule has 0 unspecified atom stereocenters. The highest BCUT2D eigenvalue weighted by Crippen LogP contribution is 2.19. The molecule has 0 fully saturated rings. The second kappa shape index (κ2) is 7.11. The van der Waals surface area contributed by atoms with Gasteiger partial charge in [0.2, 0.25) is 5.91 Å². The normalized spacial score (nSPS) is 10.6. The smallest absolute Gasteiger partial charge is 0.230 e. The molecule has 128 valence electrons. The van der Waals surface area contributed by atoms with Crippen LogP contribution in [0.3, 0.4) is 0 Å². The Kier molecular flexibility index (Phi) is 4.35. The van der Waals surface area contributed by atoms with Gasteiger partial charge in [-0.2, -0.15) is 0 Å². The molecule has 0 saturated carbocycles. The maximum Gasteiger partial charge on any atom is 0.230 e. The molecular weight excluding hydrogens is 324 g/mol. The van der Waals surface area contributed by atoms with Crippen molar-refractivity contribution in [2.24, 2.45) is 0 Å². The van der Waals surface area contributed by atoms with Crippen molar-refractivity contribution in [3.8, 4) is 0 Å². The Hall–Kier alpha value is -3.60. The molecule has 2 heterocycles. The Bertz CT molecular complexity index is 1020. The first-order chi connectivity index (χ1) is 12.8. The number of nitrogens with one attached hydrogen (secondary N) is 3. The maximum absolute atomic E-state index is 12.3. The minimum Gasteiger partial charge on any atom is -0.361 e. The average molecular weight is 342 g/mol. The van der Waals surface area contributed by atoms with Gasteiger partial charge < -0.3 is 15.6 Å². The molecule has 2 aromatic carbocycles. The highest BCUT2D eigenvalue weighted by atomic mass is 16.1. The van der Waals surface area contributed by atoms with Gasteiger partial charge in [0.1, 0.15) is 5.82 Å². The van der Waals surface area contributed by atoms with E-state index in [9.17, 15) is 4.79 Å². The van der Waals surface area contributed by atoms with E-state index in [2.05, 4.69) is 20.6 Å². The minimum atomic E-state index is -0.0916. The van der Waals surface area contributed by atoms with Crippen LogP contribution in [0.1, 0.15) is 5.56 Å². The van der Waals surface area contributed by atoms with Crippen molar-refractivity contribution in [2.75, 3.05) is 10.6 Å². The van der Waals surface area contributed by atoms with E-state index in [1.54, 1.807) is 12.3 Å². The van der Waals surface area contributed by atoms with E-state index >= 15 is 0 Å². The first-order valence-corrected chi connectivity index (χ1v) is 8.41. The lowest BCUT2D eigenvalue weighted by molar-refractivity contribution is -0.115. The Morgan fingerprint density at radius 3 is 2.54 bits per heavy atom. The zero-order valence-electron chi connectivity index (χ0n) is 14.1. The van der Waals surface area contributed by atoms with Crippen LogP contribution in [-0.4, -0.2) is 15.9 Å². The van der Waals surface area contributed by atoms with E-state index in [0.717, 1.165) is 27.8 Å². The van der Waals surface area contributed by atoms with Gasteiger partial charge in [0.25, 0.3) is 0 Å². The van der Waals surface area contributed by atoms with E-state index in [1.165, 1.54) is 0 Å². The maximum atomic E-state index is 12.3. The lowest BCUT2D eigenvalue weighted by Gasteiger charge is -2.08. The number of fused-ring (bicyclic) bond motifs is 1. The summed E-state index contributed by atoms with van der Waals surface area (Å²) in [6.45, 7) is 0. The minimum absolute atomic E-state index is 0.0916. The molecule has 5 nitrogen and oxygen atoms in total. The van der Waals surface area contributed by atoms with Crippen LogP contribution in [0, 0.1) is 0 Å². The number of aromatic nitrogens is 2. The summed E-state index contributed by atoms with van der Waals surface area (Å²) in [5, 5.41) is 7.17. The predicted octanol–water partition coefficient (Wildman–Crippen LogP) is 4.49. The van der Waals surface area contributed by atoms with Gasteiger partial charge in [-0.3, -0.25) is 4.79 Å². The Morgan fingerprint density at radius 1 is 0.923 bits per heavy atom. The van der Waals surface area contributed by atoms with Crippen molar-refractivity contribution in [3.05, 3.63) is 84.7 Å². The molecule has 0 bridgehead atoms. The summed E-state index contributed by atoms with van der Waals surface area (Å²) in [5.41, 5.74) is 3.86. The number of para-hydroxylation sites is 2. The first kappa shape index (κ1) is 15.9. The molecule has 26 heavy (non-hydrogen) atoms. The number of H-pyrrole nitrogens is 1. The SMILES string of the molecule is O=C(Cc1c[nH]c2ccccc12)Nc1ccc(Nc2ccccc2)cn1. The highest BCUT2D eigenvalue weighted by Gasteiger charge is 2.09. The lowest BCUT2D eigenvalue weighted by atomic mass is 10.1. The fourth-order valence-electron chi connectivity index (χ4n) is 2.87. The standard InChI is InChI=1S/C21H18N4O/c26-21(12-15-13-22-19-9-5-4-8-18(15)19)25-20-11-10-17(14-23-20)24-16-6-2-1-3-7-16/h1-11,13-14,22,24H,12H2,(H,23,25,26). The van der Waals surface area contributed by atoms with E-state index in [4.69, 9.17) is 0 Å². The van der Waals surface area contributed by atoms with Crippen LogP contribution in [0.5, 0.6) is 0 Å². The first-order valence-electron chi connectivity index (χ1n) is 8.41. The summed E-state index contributed by atoms with van der Waals surface area (Å²) in [6, 6.07) is 21.5. The second-order valence-electron chi connectivity index (χ2n) is 6.01. The van der Waals surface area contributed by atoms with Crippen LogP contribution < -0.4 is 10.6 Å². The van der Waals surface area contributed by atoms with Gasteiger partial charge in [0.15, 0.2) is 0 Å². The number of nitrogens with zero attached hydrogens (tertiary/aromatic N) is 1. The molecule has 0 aliphatic rings. The Labute approximate surface area is 151 Å². The van der Waals surface area contributed by atoms with Crippen LogP contribution >= 0.6 is 0 Å². The van der Waals surface area contributed by atoms with Gasteiger partial charge >= 0.3 is 0 Å². The highest BCUT2D eigenvalue weighted by molar-refractivity contribution is 5.95. The van der Waals surface area contributed by atoms with Crippen LogP contribution in [0.15, 0.2) is 79.1 Å². The number of pyridine rings is 1. The largest absolute Gasteiger partial charge is 0.361 e. The van der Waals surface area contributed by atoms with Crippen molar-refractivity contribution in [3.63, 3.8) is 0 Å². The quantitative estimate of drug-likeness (QED) is 0.500. The van der Waals surface area contributed by atoms with E-state index in [0.29, 0.717) is 12.2 Å². The van der Waals surface area contributed by atoms with Crippen molar-refractivity contribution in [1.82, 2.24) is 9.97 Å². The van der Waals surface area contributed by atoms with Crippen LogP contribution in [0.4, 0.5) is 17.2 Å². The third-order valence-electron chi connectivity index (χ3n) is 4.12. The van der Waals surface area contributed by atoms with Crippen molar-refractivity contribution >= 4 is 34.0 Å². The molecule has 0 saturated heterocycles. The van der Waals surface area contributed by atoms with Crippen LogP contribution in [0.2, 0.25) is 0 Å². The van der Waals surface area contributed by atoms with E-state index < -0.39 is 0 Å². The zero-order valence-corrected chi connectivity index (χ0v) is 14.1. The van der Waals surface area contributed by atoms with Gasteiger partial charge in [0.05, 0.1) is 18.3 Å². The number of carbonyl (C=O) groups excluding carboxylic acids is 1. The number of hydrogen-bond donors (Lipinski definition) is 3. The summed E-state index contributed by atoms with van der Waals surface area (Å²) in [6.07, 6.45) is 3.88. The number of benzene rings is 2. The van der Waals surface area contributed by atoms with Gasteiger partial charge in [0, 0.05) is 22.8 Å². The van der Waals surface area contributed by atoms with E-state index in [1.807, 2.05) is 66.9 Å². The van der Waals surface area contributed by atoms with Crippen LogP contribution in [-0.2, 0) is 11.2 Å². The molecule has 3 N–H and O–H groups in total. The number of carbonyl (C=O) groups is 1. The molecular formula is C21H18N4O. The van der Waals surface area contributed by atoms with Gasteiger partial charge in [-0.1, -0.05) is 36.4 Å². The van der Waals surface area contributed by atoms with Crippen molar-refractivity contribution < 1.29 is 4.79 Å². The molecule has 1 amide bonds. The molecule has 0 atom stereocenters. The fourth-order valence-corrected chi connectivity index (χ4v) is 2.87. The molecule has 0 aliphatic carbocycles. The zero-order chi connectivity index (χ0) is 17.8. The summed E-state index contributed by atoms with van der Waals surface area (Å²) in [4.78, 5) is 19.8. The molecule has 2 aromatic heterocycles. The lowest BCUT2D eigenvalue weighted by Crippen LogP contribution is -2.15. The molecule has 0 aliphatic heterocycles. The molecule has 4 aromatic rings. The summed E-state index contributed by atoms with van der Waals surface area (Å²) in [5.74, 6) is 0.444. The van der Waals surface area contributed by atoms with Gasteiger partial charge in [-0.05, 0) is 35.9 Å². The van der Waals surface area contributed by atoms with Crippen molar-refractivity contribution in [2.45, 2.75) is 6.42 Å². The Morgan fingerprint density at radius 2 is 1.73 bits per heavy atom. The summed E-state index contributed by atoms with van der Waals surface area (Å²) in [7, 11) is 0. The summed E-state index contributed by atoms with van der Waals surface area (Å²) < 4.78 is 0. The fraction of sp³-hybridized carbons (Fsp3) is 0.0476. The molecule has 5 heteroatoms. The van der Waals surface area contributed by atoms with E-state index in [-0.39, 0.29) is 5.91 Å². The number of hydrogen-bond acceptors (Lipinski definition) is 3. The second-order valence-corrected chi connectivity index (χ2v) is 6.01. The predicted molar refractivity (Wildman–Crippen MR) is 105 cm³/mol. The summed E-state index contributed by atoms with van der Waals surface area (Å²) >= 11 is 0. The molecule has 0 radical (unpaired) electrons. The number of anilines is 3.